The standard InChI is InChI=1S/C6H14O4Si.C6H8OSi/c1-5-6(9-5)10-11(4,7-2)8-3;8-7-6-4-2-1-3-5-6/h5-6H,1-4H3;1-5H,8H3. The molecule has 0 aliphatic carbocycles. The van der Waals surface area contributed by atoms with Crippen LogP contribution in [0.3, 0.4) is 0 Å². The summed E-state index contributed by atoms with van der Waals surface area (Å²) in [5.41, 5.74) is 0. The van der Waals surface area contributed by atoms with Gasteiger partial charge in [0.2, 0.25) is 10.5 Å². The van der Waals surface area contributed by atoms with E-state index in [0.717, 1.165) is 16.2 Å². The third-order valence-electron chi connectivity index (χ3n) is 2.71. The number of benzene rings is 1. The Morgan fingerprint density at radius 1 is 1.16 bits per heavy atom. The summed E-state index contributed by atoms with van der Waals surface area (Å²) in [4.78, 5) is 0. The Morgan fingerprint density at radius 2 is 1.68 bits per heavy atom. The summed E-state index contributed by atoms with van der Waals surface area (Å²) in [5, 5.41) is 0. The third-order valence-corrected chi connectivity index (χ3v) is 5.32. The molecule has 1 aromatic rings. The lowest BCUT2D eigenvalue weighted by Crippen LogP contribution is -2.41. The fourth-order valence-electron chi connectivity index (χ4n) is 1.24. The maximum Gasteiger partial charge on any atom is 0.499 e. The number of para-hydroxylation sites is 1. The van der Waals surface area contributed by atoms with Crippen LogP contribution in [0.5, 0.6) is 5.75 Å². The van der Waals surface area contributed by atoms with E-state index in [4.69, 9.17) is 22.4 Å². The molecule has 0 aromatic heterocycles. The number of hydrogen-bond acceptors (Lipinski definition) is 5. The minimum atomic E-state index is -2.36. The summed E-state index contributed by atoms with van der Waals surface area (Å²) in [6, 6.07) is 9.81. The molecule has 0 saturated carbocycles. The van der Waals surface area contributed by atoms with E-state index in [1.807, 2.05) is 43.8 Å². The molecule has 5 nitrogen and oxygen atoms in total. The van der Waals surface area contributed by atoms with E-state index >= 15 is 0 Å². The molecule has 1 aliphatic heterocycles. The van der Waals surface area contributed by atoms with Gasteiger partial charge in [-0.2, -0.15) is 0 Å². The summed E-state index contributed by atoms with van der Waals surface area (Å²) >= 11 is 0. The Labute approximate surface area is 118 Å². The van der Waals surface area contributed by atoms with Crippen molar-refractivity contribution in [3.05, 3.63) is 30.3 Å². The molecular weight excluding hydrogens is 280 g/mol. The van der Waals surface area contributed by atoms with Gasteiger partial charge in [0.15, 0.2) is 6.29 Å². The van der Waals surface area contributed by atoms with Crippen LogP contribution in [0, 0.1) is 0 Å². The second kappa shape index (κ2) is 7.78. The SMILES string of the molecule is CO[Si](C)(OC)OC1OC1C.[SiH3]Oc1ccccc1. The van der Waals surface area contributed by atoms with Crippen LogP contribution in [0.1, 0.15) is 6.92 Å². The van der Waals surface area contributed by atoms with E-state index in [9.17, 15) is 0 Å². The van der Waals surface area contributed by atoms with E-state index in [2.05, 4.69) is 0 Å². The summed E-state index contributed by atoms with van der Waals surface area (Å²) in [6.07, 6.45) is 0.0682. The lowest BCUT2D eigenvalue weighted by Gasteiger charge is -2.20. The van der Waals surface area contributed by atoms with Crippen LogP contribution in [0.25, 0.3) is 0 Å². The Hall–Kier alpha value is -0.706. The molecule has 0 radical (unpaired) electrons. The van der Waals surface area contributed by atoms with Gasteiger partial charge in [0.25, 0.3) is 0 Å². The smallest absolute Gasteiger partial charge is 0.499 e. The van der Waals surface area contributed by atoms with Crippen LogP contribution in [-0.4, -0.2) is 45.9 Å². The molecule has 1 heterocycles. The van der Waals surface area contributed by atoms with Gasteiger partial charge in [-0.15, -0.1) is 0 Å². The maximum atomic E-state index is 5.43. The lowest BCUT2D eigenvalue weighted by molar-refractivity contribution is 0.0585. The van der Waals surface area contributed by atoms with Crippen LogP contribution < -0.4 is 4.43 Å². The average Bonchev–Trinajstić information content (AvgIpc) is 3.15. The van der Waals surface area contributed by atoms with Crippen LogP contribution >= 0.6 is 0 Å². The maximum absolute atomic E-state index is 5.43. The lowest BCUT2D eigenvalue weighted by atomic mass is 10.3. The molecule has 108 valence electrons. The van der Waals surface area contributed by atoms with Crippen molar-refractivity contribution in [1.82, 2.24) is 0 Å². The molecule has 0 amide bonds. The van der Waals surface area contributed by atoms with Crippen LogP contribution in [-0.2, 0) is 18.0 Å². The highest BCUT2D eigenvalue weighted by Crippen LogP contribution is 2.26. The predicted molar refractivity (Wildman–Crippen MR) is 78.1 cm³/mol. The van der Waals surface area contributed by atoms with Crippen LogP contribution in [0.15, 0.2) is 30.3 Å². The van der Waals surface area contributed by atoms with Crippen molar-refractivity contribution in [1.29, 1.82) is 0 Å². The number of ether oxygens (including phenoxy) is 1. The van der Waals surface area contributed by atoms with Crippen molar-refractivity contribution < 1.29 is 22.4 Å². The molecule has 0 spiro atoms. The van der Waals surface area contributed by atoms with Crippen molar-refractivity contribution in [2.24, 2.45) is 0 Å². The molecule has 2 atom stereocenters. The van der Waals surface area contributed by atoms with E-state index in [-0.39, 0.29) is 12.4 Å². The zero-order chi connectivity index (χ0) is 14.3. The fourth-order valence-corrected chi connectivity index (χ4v) is 2.54. The Balaban J connectivity index is 0.000000200. The highest BCUT2D eigenvalue weighted by Gasteiger charge is 2.45. The Morgan fingerprint density at radius 3 is 2.00 bits per heavy atom. The zero-order valence-electron chi connectivity index (χ0n) is 12.1. The van der Waals surface area contributed by atoms with E-state index in [1.165, 1.54) is 0 Å². The highest BCUT2D eigenvalue weighted by atomic mass is 28.4. The quantitative estimate of drug-likeness (QED) is 0.599. The molecule has 2 rings (SSSR count). The molecule has 1 saturated heterocycles. The van der Waals surface area contributed by atoms with E-state index in [1.54, 1.807) is 14.2 Å². The number of epoxide rings is 1. The van der Waals surface area contributed by atoms with Gasteiger partial charge >= 0.3 is 8.80 Å². The van der Waals surface area contributed by atoms with Gasteiger partial charge in [-0.3, -0.25) is 0 Å². The van der Waals surface area contributed by atoms with Crippen molar-refractivity contribution in [3.8, 4) is 5.75 Å². The molecule has 1 fully saturated rings. The third kappa shape index (κ3) is 5.85. The van der Waals surface area contributed by atoms with Crippen molar-refractivity contribution >= 4 is 19.3 Å². The van der Waals surface area contributed by atoms with E-state index < -0.39 is 8.80 Å². The molecule has 2 unspecified atom stereocenters. The van der Waals surface area contributed by atoms with Gasteiger partial charge in [0, 0.05) is 20.8 Å². The zero-order valence-corrected chi connectivity index (χ0v) is 15.1. The largest absolute Gasteiger partial charge is 0.553 e. The molecule has 1 aliphatic rings. The minimum absolute atomic E-state index is 0.119. The van der Waals surface area contributed by atoms with Crippen molar-refractivity contribution in [2.75, 3.05) is 14.2 Å². The van der Waals surface area contributed by atoms with Gasteiger partial charge in [0.05, 0.1) is 0 Å². The molecule has 0 bridgehead atoms. The summed E-state index contributed by atoms with van der Waals surface area (Å²) in [6.45, 7) is 3.78. The second-order valence-corrected chi connectivity index (χ2v) is 7.30. The number of rotatable bonds is 5. The Kier molecular flexibility index (Phi) is 6.69. The van der Waals surface area contributed by atoms with Gasteiger partial charge in [-0.1, -0.05) is 18.2 Å². The summed E-state index contributed by atoms with van der Waals surface area (Å²) in [5.74, 6) is 0.971. The molecule has 1 aromatic carbocycles. The second-order valence-electron chi connectivity index (χ2n) is 4.12. The van der Waals surface area contributed by atoms with E-state index in [0.29, 0.717) is 0 Å². The van der Waals surface area contributed by atoms with Crippen LogP contribution in [0.4, 0.5) is 0 Å². The van der Waals surface area contributed by atoms with Gasteiger partial charge in [-0.05, 0) is 19.1 Å². The molecule has 0 N–H and O–H groups in total. The van der Waals surface area contributed by atoms with Crippen molar-refractivity contribution in [2.45, 2.75) is 25.9 Å². The first-order chi connectivity index (χ1) is 9.04. The summed E-state index contributed by atoms with van der Waals surface area (Å²) < 4.78 is 25.8. The molecule has 19 heavy (non-hydrogen) atoms. The number of hydrogen-bond donors (Lipinski definition) is 0. The monoisotopic (exact) mass is 302 g/mol. The van der Waals surface area contributed by atoms with Crippen molar-refractivity contribution in [3.63, 3.8) is 0 Å². The first-order valence-corrected chi connectivity index (χ1v) is 9.11. The minimum Gasteiger partial charge on any atom is -0.553 e. The topological polar surface area (TPSA) is 49.5 Å². The van der Waals surface area contributed by atoms with Gasteiger partial charge < -0.3 is 22.4 Å². The molecular formula is C12H22O5Si2. The normalized spacial score (nSPS) is 21.5. The fraction of sp³-hybridized carbons (Fsp3) is 0.500. The Bertz CT molecular complexity index is 358. The molecule has 7 heteroatoms. The first kappa shape index (κ1) is 16.3. The summed E-state index contributed by atoms with van der Waals surface area (Å²) in [7, 11) is 1.58. The van der Waals surface area contributed by atoms with Gasteiger partial charge in [-0.25, -0.2) is 0 Å². The van der Waals surface area contributed by atoms with Crippen LogP contribution in [0.2, 0.25) is 6.55 Å². The average molecular weight is 302 g/mol. The first-order valence-electron chi connectivity index (χ1n) is 6.07. The highest BCUT2D eigenvalue weighted by molar-refractivity contribution is 6.59. The predicted octanol–water partition coefficient (Wildman–Crippen LogP) is 0.955. The van der Waals surface area contributed by atoms with Gasteiger partial charge in [0.1, 0.15) is 11.9 Å².